The van der Waals surface area contributed by atoms with Gasteiger partial charge >= 0.3 is 0 Å². The molecule has 1 heterocycles. The van der Waals surface area contributed by atoms with E-state index >= 15 is 0 Å². The molecular weight excluding hydrogens is 246 g/mol. The molecule has 1 aliphatic heterocycles. The van der Waals surface area contributed by atoms with Gasteiger partial charge in [0.2, 0.25) is 0 Å². The Morgan fingerprint density at radius 1 is 1.05 bits per heavy atom. The van der Waals surface area contributed by atoms with Crippen LogP contribution in [-0.2, 0) is 4.74 Å². The molecule has 0 amide bonds. The van der Waals surface area contributed by atoms with Gasteiger partial charge in [-0.1, -0.05) is 27.2 Å². The molecule has 20 heavy (non-hydrogen) atoms. The van der Waals surface area contributed by atoms with Gasteiger partial charge in [-0.25, -0.2) is 0 Å². The molecule has 0 N–H and O–H groups in total. The highest BCUT2D eigenvalue weighted by molar-refractivity contribution is 4.82. The number of ether oxygens (including phenoxy) is 1. The smallest absolute Gasteiger partial charge is 0.0494 e. The minimum atomic E-state index is 0.724. The van der Waals surface area contributed by atoms with E-state index in [1.54, 1.807) is 0 Å². The van der Waals surface area contributed by atoms with Crippen molar-refractivity contribution >= 4 is 0 Å². The fourth-order valence-electron chi connectivity index (χ4n) is 3.62. The van der Waals surface area contributed by atoms with Crippen LogP contribution in [0.5, 0.6) is 0 Å². The van der Waals surface area contributed by atoms with Gasteiger partial charge in [-0.05, 0) is 69.4 Å². The first kappa shape index (κ1) is 16.3. The van der Waals surface area contributed by atoms with Crippen molar-refractivity contribution in [2.45, 2.75) is 71.8 Å². The van der Waals surface area contributed by atoms with Crippen molar-refractivity contribution in [3.8, 4) is 0 Å². The lowest BCUT2D eigenvalue weighted by molar-refractivity contribution is 0.0418. The quantitative estimate of drug-likeness (QED) is 0.718. The lowest BCUT2D eigenvalue weighted by Crippen LogP contribution is -2.43. The van der Waals surface area contributed by atoms with Gasteiger partial charge in [0.1, 0.15) is 0 Å². The van der Waals surface area contributed by atoms with Gasteiger partial charge in [0.25, 0.3) is 0 Å². The summed E-state index contributed by atoms with van der Waals surface area (Å²) in [5, 5.41) is 0. The summed E-state index contributed by atoms with van der Waals surface area (Å²) in [6.45, 7) is 11.6. The van der Waals surface area contributed by atoms with Gasteiger partial charge in [-0.15, -0.1) is 0 Å². The molecule has 0 spiro atoms. The van der Waals surface area contributed by atoms with E-state index in [1.807, 2.05) is 0 Å². The average molecular weight is 281 g/mol. The van der Waals surface area contributed by atoms with Gasteiger partial charge in [-0.3, -0.25) is 0 Å². The first-order valence-corrected chi connectivity index (χ1v) is 9.00. The number of hydrogen-bond acceptors (Lipinski definition) is 2. The van der Waals surface area contributed by atoms with Crippen molar-refractivity contribution in [1.82, 2.24) is 4.90 Å². The Kier molecular flexibility index (Phi) is 6.83. The Bertz CT molecular complexity index is 252. The molecule has 0 bridgehead atoms. The molecule has 118 valence electrons. The van der Waals surface area contributed by atoms with Gasteiger partial charge in [0.05, 0.1) is 0 Å². The molecule has 0 aromatic rings. The Morgan fingerprint density at radius 2 is 1.70 bits per heavy atom. The Hall–Kier alpha value is -0.0800. The zero-order valence-electron chi connectivity index (χ0n) is 13.9. The van der Waals surface area contributed by atoms with Gasteiger partial charge in [0.15, 0.2) is 0 Å². The lowest BCUT2D eigenvalue weighted by Gasteiger charge is -2.40. The minimum Gasteiger partial charge on any atom is -0.381 e. The first-order valence-electron chi connectivity index (χ1n) is 9.00. The van der Waals surface area contributed by atoms with E-state index in [-0.39, 0.29) is 0 Å². The van der Waals surface area contributed by atoms with Gasteiger partial charge in [-0.2, -0.15) is 0 Å². The molecule has 1 unspecified atom stereocenters. The van der Waals surface area contributed by atoms with Crippen LogP contribution in [0.25, 0.3) is 0 Å². The van der Waals surface area contributed by atoms with E-state index in [0.717, 1.165) is 37.0 Å². The van der Waals surface area contributed by atoms with Crippen LogP contribution in [0.4, 0.5) is 0 Å². The highest BCUT2D eigenvalue weighted by Gasteiger charge is 2.27. The summed E-state index contributed by atoms with van der Waals surface area (Å²) in [5.41, 5.74) is 0. The number of rotatable bonds is 6. The van der Waals surface area contributed by atoms with E-state index in [9.17, 15) is 0 Å². The standard InChI is InChI=1S/C18H35NO/c1-4-15(2)13-20-14-17-5-7-18(8-6-17)19-11-9-16(3)10-12-19/h15-18H,4-14H2,1-3H3. The van der Waals surface area contributed by atoms with Crippen molar-refractivity contribution in [3.05, 3.63) is 0 Å². The van der Waals surface area contributed by atoms with Crippen LogP contribution in [0.1, 0.15) is 65.7 Å². The predicted molar refractivity (Wildman–Crippen MR) is 86.0 cm³/mol. The second kappa shape index (κ2) is 8.38. The number of likely N-dealkylation sites (tertiary alicyclic amines) is 1. The van der Waals surface area contributed by atoms with Crippen LogP contribution in [0.3, 0.4) is 0 Å². The molecule has 1 saturated heterocycles. The maximum atomic E-state index is 5.91. The molecule has 2 rings (SSSR count). The summed E-state index contributed by atoms with van der Waals surface area (Å²) in [6, 6.07) is 0.883. The van der Waals surface area contributed by atoms with Gasteiger partial charge in [0, 0.05) is 19.3 Å². The van der Waals surface area contributed by atoms with Gasteiger partial charge < -0.3 is 9.64 Å². The van der Waals surface area contributed by atoms with Crippen molar-refractivity contribution in [2.75, 3.05) is 26.3 Å². The number of nitrogens with zero attached hydrogens (tertiary/aromatic N) is 1. The summed E-state index contributed by atoms with van der Waals surface area (Å²) in [7, 11) is 0. The Morgan fingerprint density at radius 3 is 2.30 bits per heavy atom. The highest BCUT2D eigenvalue weighted by Crippen LogP contribution is 2.30. The molecule has 1 aliphatic carbocycles. The van der Waals surface area contributed by atoms with Crippen LogP contribution >= 0.6 is 0 Å². The Balaban J connectivity index is 1.60. The molecule has 1 saturated carbocycles. The fraction of sp³-hybridized carbons (Fsp3) is 1.00. The van der Waals surface area contributed by atoms with Crippen molar-refractivity contribution in [1.29, 1.82) is 0 Å². The number of piperidine rings is 1. The molecule has 2 heteroatoms. The molecule has 2 fully saturated rings. The second-order valence-corrected chi connectivity index (χ2v) is 7.44. The SMILES string of the molecule is CCC(C)COCC1CCC(N2CCC(C)CC2)CC1. The Labute approximate surface area is 126 Å². The summed E-state index contributed by atoms with van der Waals surface area (Å²) < 4.78 is 5.91. The number of hydrogen-bond donors (Lipinski definition) is 0. The largest absolute Gasteiger partial charge is 0.381 e. The third-order valence-electron chi connectivity index (χ3n) is 5.60. The van der Waals surface area contributed by atoms with E-state index in [4.69, 9.17) is 4.74 Å². The lowest BCUT2D eigenvalue weighted by atomic mass is 9.84. The van der Waals surface area contributed by atoms with Crippen molar-refractivity contribution in [2.24, 2.45) is 17.8 Å². The molecule has 2 aliphatic rings. The molecule has 0 radical (unpaired) electrons. The molecule has 1 atom stereocenters. The molecule has 2 nitrogen and oxygen atoms in total. The van der Waals surface area contributed by atoms with Crippen molar-refractivity contribution in [3.63, 3.8) is 0 Å². The third-order valence-corrected chi connectivity index (χ3v) is 5.60. The van der Waals surface area contributed by atoms with E-state index in [1.165, 1.54) is 58.0 Å². The molecule has 0 aromatic carbocycles. The van der Waals surface area contributed by atoms with Crippen LogP contribution < -0.4 is 0 Å². The van der Waals surface area contributed by atoms with Crippen LogP contribution in [-0.4, -0.2) is 37.2 Å². The minimum absolute atomic E-state index is 0.724. The predicted octanol–water partition coefficient (Wildman–Crippen LogP) is 4.34. The fourth-order valence-corrected chi connectivity index (χ4v) is 3.62. The zero-order chi connectivity index (χ0) is 14.4. The van der Waals surface area contributed by atoms with E-state index in [2.05, 4.69) is 25.7 Å². The first-order chi connectivity index (χ1) is 9.69. The summed E-state index contributed by atoms with van der Waals surface area (Å²) in [4.78, 5) is 2.77. The van der Waals surface area contributed by atoms with Crippen LogP contribution in [0.15, 0.2) is 0 Å². The normalized spacial score (nSPS) is 31.4. The monoisotopic (exact) mass is 281 g/mol. The maximum absolute atomic E-state index is 5.91. The van der Waals surface area contributed by atoms with E-state index in [0.29, 0.717) is 0 Å². The van der Waals surface area contributed by atoms with E-state index < -0.39 is 0 Å². The van der Waals surface area contributed by atoms with Crippen LogP contribution in [0, 0.1) is 17.8 Å². The average Bonchev–Trinajstić information content (AvgIpc) is 2.48. The third kappa shape index (κ3) is 5.04. The zero-order valence-corrected chi connectivity index (χ0v) is 13.9. The topological polar surface area (TPSA) is 12.5 Å². The maximum Gasteiger partial charge on any atom is 0.0494 e. The summed E-state index contributed by atoms with van der Waals surface area (Å²) in [6.07, 6.45) is 9.65. The van der Waals surface area contributed by atoms with Crippen molar-refractivity contribution < 1.29 is 4.74 Å². The highest BCUT2D eigenvalue weighted by atomic mass is 16.5. The molecular formula is C18H35NO. The van der Waals surface area contributed by atoms with Crippen LogP contribution in [0.2, 0.25) is 0 Å². The summed E-state index contributed by atoms with van der Waals surface area (Å²) in [5.74, 6) is 2.51. The molecule has 0 aromatic heterocycles. The second-order valence-electron chi connectivity index (χ2n) is 7.44. The summed E-state index contributed by atoms with van der Waals surface area (Å²) >= 11 is 0.